The average Bonchev–Trinajstić information content (AvgIpc) is 1.85. The molecule has 0 fully saturated rings. The van der Waals surface area contributed by atoms with Gasteiger partial charge in [-0.3, -0.25) is 0 Å². The Labute approximate surface area is 62.6 Å². The van der Waals surface area contributed by atoms with E-state index >= 15 is 0 Å². The second-order valence-electron chi connectivity index (χ2n) is 2.07. The van der Waals surface area contributed by atoms with Crippen molar-refractivity contribution in [2.75, 3.05) is 18.8 Å². The van der Waals surface area contributed by atoms with Gasteiger partial charge in [0, 0.05) is 11.8 Å². The Balaban J connectivity index is 2.95. The summed E-state index contributed by atoms with van der Waals surface area (Å²) in [5.74, 6) is 1.23. The van der Waals surface area contributed by atoms with Crippen molar-refractivity contribution in [1.29, 1.82) is 0 Å². The van der Waals surface area contributed by atoms with E-state index in [1.54, 1.807) is 0 Å². The number of hydrogen-bond acceptors (Lipinski definition) is 2. The molecule has 1 unspecified atom stereocenters. The third kappa shape index (κ3) is 6.19. The van der Waals surface area contributed by atoms with Crippen LogP contribution in [0.25, 0.3) is 0 Å². The maximum atomic E-state index is 3.31. The molecule has 1 nitrogen and oxygen atoms in total. The maximum Gasteiger partial charge on any atom is 0.0144 e. The van der Waals surface area contributed by atoms with Gasteiger partial charge in [-0.1, -0.05) is 20.8 Å². The van der Waals surface area contributed by atoms with Crippen LogP contribution in [0.4, 0.5) is 0 Å². The molecule has 0 radical (unpaired) electrons. The third-order valence-electron chi connectivity index (χ3n) is 1.13. The van der Waals surface area contributed by atoms with E-state index in [9.17, 15) is 0 Å². The first-order valence-corrected chi connectivity index (χ1v) is 4.68. The Morgan fingerprint density at radius 3 is 2.56 bits per heavy atom. The molecule has 56 valence electrons. The lowest BCUT2D eigenvalue weighted by atomic mass is 10.5. The Morgan fingerprint density at radius 1 is 1.44 bits per heavy atom. The van der Waals surface area contributed by atoms with Crippen molar-refractivity contribution in [2.24, 2.45) is 0 Å². The van der Waals surface area contributed by atoms with Crippen LogP contribution < -0.4 is 5.32 Å². The van der Waals surface area contributed by atoms with E-state index in [0.717, 1.165) is 18.3 Å². The van der Waals surface area contributed by atoms with Crippen LogP contribution in [-0.2, 0) is 0 Å². The molecular formula is C7H17NS. The summed E-state index contributed by atoms with van der Waals surface area (Å²) in [6.45, 7) is 8.84. The average molecular weight is 147 g/mol. The molecule has 0 aliphatic rings. The zero-order chi connectivity index (χ0) is 7.11. The van der Waals surface area contributed by atoms with E-state index in [1.807, 2.05) is 11.8 Å². The highest BCUT2D eigenvalue weighted by atomic mass is 32.2. The third-order valence-corrected chi connectivity index (χ3v) is 2.20. The minimum Gasteiger partial charge on any atom is -0.316 e. The number of thioether (sulfide) groups is 1. The second-order valence-corrected chi connectivity index (χ2v) is 3.79. The number of hydrogen-bond donors (Lipinski definition) is 1. The minimum absolute atomic E-state index is 0.773. The Hall–Kier alpha value is 0.310. The molecule has 1 N–H and O–H groups in total. The molecule has 0 aliphatic heterocycles. The zero-order valence-electron chi connectivity index (χ0n) is 6.61. The molecule has 0 rings (SSSR count). The molecule has 0 aromatic rings. The SMILES string of the molecule is CCNCC(C)SCC. The van der Waals surface area contributed by atoms with E-state index in [2.05, 4.69) is 26.1 Å². The van der Waals surface area contributed by atoms with Crippen LogP contribution in [0.3, 0.4) is 0 Å². The summed E-state index contributed by atoms with van der Waals surface area (Å²) < 4.78 is 0. The quantitative estimate of drug-likeness (QED) is 0.635. The molecule has 0 aromatic carbocycles. The monoisotopic (exact) mass is 147 g/mol. The van der Waals surface area contributed by atoms with Gasteiger partial charge in [-0.25, -0.2) is 0 Å². The number of rotatable bonds is 5. The van der Waals surface area contributed by atoms with Crippen molar-refractivity contribution in [1.82, 2.24) is 5.32 Å². The van der Waals surface area contributed by atoms with Crippen LogP contribution in [0, 0.1) is 0 Å². The Kier molecular flexibility index (Phi) is 6.65. The highest BCUT2D eigenvalue weighted by Gasteiger charge is 1.96. The Morgan fingerprint density at radius 2 is 2.11 bits per heavy atom. The van der Waals surface area contributed by atoms with Crippen molar-refractivity contribution < 1.29 is 0 Å². The fraction of sp³-hybridized carbons (Fsp3) is 1.00. The van der Waals surface area contributed by atoms with Gasteiger partial charge in [0.1, 0.15) is 0 Å². The summed E-state index contributed by atoms with van der Waals surface area (Å²) in [7, 11) is 0. The first kappa shape index (κ1) is 9.31. The second kappa shape index (κ2) is 6.43. The van der Waals surface area contributed by atoms with Crippen LogP contribution in [0.5, 0.6) is 0 Å². The standard InChI is InChI=1S/C7H17NS/c1-4-8-6-7(3)9-5-2/h7-8H,4-6H2,1-3H3. The zero-order valence-corrected chi connectivity index (χ0v) is 7.42. The molecule has 9 heavy (non-hydrogen) atoms. The maximum absolute atomic E-state index is 3.31. The van der Waals surface area contributed by atoms with Crippen molar-refractivity contribution in [3.63, 3.8) is 0 Å². The van der Waals surface area contributed by atoms with Crippen LogP contribution in [-0.4, -0.2) is 24.1 Å². The summed E-state index contributed by atoms with van der Waals surface area (Å²) >= 11 is 2.01. The molecule has 0 spiro atoms. The van der Waals surface area contributed by atoms with Gasteiger partial charge in [0.25, 0.3) is 0 Å². The topological polar surface area (TPSA) is 12.0 Å². The van der Waals surface area contributed by atoms with Crippen LogP contribution in [0.2, 0.25) is 0 Å². The van der Waals surface area contributed by atoms with Gasteiger partial charge in [-0.15, -0.1) is 0 Å². The molecule has 1 atom stereocenters. The lowest BCUT2D eigenvalue weighted by Gasteiger charge is -2.08. The van der Waals surface area contributed by atoms with E-state index in [0.29, 0.717) is 0 Å². The molecule has 0 saturated carbocycles. The van der Waals surface area contributed by atoms with E-state index in [1.165, 1.54) is 5.75 Å². The van der Waals surface area contributed by atoms with Gasteiger partial charge in [-0.2, -0.15) is 11.8 Å². The first-order chi connectivity index (χ1) is 4.31. The summed E-state index contributed by atoms with van der Waals surface area (Å²) in [4.78, 5) is 0. The van der Waals surface area contributed by atoms with E-state index in [-0.39, 0.29) is 0 Å². The largest absolute Gasteiger partial charge is 0.316 e. The molecule has 0 saturated heterocycles. The van der Waals surface area contributed by atoms with E-state index in [4.69, 9.17) is 0 Å². The molecule has 0 aliphatic carbocycles. The lowest BCUT2D eigenvalue weighted by Crippen LogP contribution is -2.22. The van der Waals surface area contributed by atoms with Gasteiger partial charge in [0.2, 0.25) is 0 Å². The van der Waals surface area contributed by atoms with Gasteiger partial charge in [0.15, 0.2) is 0 Å². The molecular weight excluding hydrogens is 130 g/mol. The highest BCUT2D eigenvalue weighted by molar-refractivity contribution is 7.99. The van der Waals surface area contributed by atoms with Crippen molar-refractivity contribution in [3.8, 4) is 0 Å². The molecule has 0 aromatic heterocycles. The smallest absolute Gasteiger partial charge is 0.0144 e. The first-order valence-electron chi connectivity index (χ1n) is 3.63. The fourth-order valence-electron chi connectivity index (χ4n) is 0.691. The van der Waals surface area contributed by atoms with Crippen molar-refractivity contribution in [2.45, 2.75) is 26.0 Å². The highest BCUT2D eigenvalue weighted by Crippen LogP contribution is 2.06. The minimum atomic E-state index is 0.773. The lowest BCUT2D eigenvalue weighted by molar-refractivity contribution is 0.713. The van der Waals surface area contributed by atoms with Crippen LogP contribution in [0.1, 0.15) is 20.8 Å². The van der Waals surface area contributed by atoms with Crippen LogP contribution >= 0.6 is 11.8 Å². The van der Waals surface area contributed by atoms with Crippen molar-refractivity contribution in [3.05, 3.63) is 0 Å². The summed E-state index contributed by atoms with van der Waals surface area (Å²) in [5.41, 5.74) is 0. The summed E-state index contributed by atoms with van der Waals surface area (Å²) in [6.07, 6.45) is 0. The van der Waals surface area contributed by atoms with Gasteiger partial charge in [0.05, 0.1) is 0 Å². The Bertz CT molecular complexity index is 56.9. The predicted octanol–water partition coefficient (Wildman–Crippen LogP) is 1.74. The summed E-state index contributed by atoms with van der Waals surface area (Å²) in [5, 5.41) is 4.09. The molecule has 0 bridgehead atoms. The fourth-order valence-corrected chi connectivity index (χ4v) is 1.50. The normalized spacial score (nSPS) is 13.7. The van der Waals surface area contributed by atoms with Crippen LogP contribution in [0.15, 0.2) is 0 Å². The van der Waals surface area contributed by atoms with E-state index < -0.39 is 0 Å². The molecule has 2 heteroatoms. The summed E-state index contributed by atoms with van der Waals surface area (Å²) in [6, 6.07) is 0. The van der Waals surface area contributed by atoms with Gasteiger partial charge < -0.3 is 5.32 Å². The molecule has 0 heterocycles. The van der Waals surface area contributed by atoms with Gasteiger partial charge >= 0.3 is 0 Å². The van der Waals surface area contributed by atoms with Gasteiger partial charge in [-0.05, 0) is 12.3 Å². The molecule has 0 amide bonds. The number of nitrogens with one attached hydrogen (secondary N) is 1. The predicted molar refractivity (Wildman–Crippen MR) is 46.1 cm³/mol. The van der Waals surface area contributed by atoms with Crippen molar-refractivity contribution >= 4 is 11.8 Å².